The van der Waals surface area contributed by atoms with Crippen molar-refractivity contribution in [2.75, 3.05) is 6.61 Å². The Morgan fingerprint density at radius 1 is 1.48 bits per heavy atom. The van der Waals surface area contributed by atoms with Gasteiger partial charge in [0.15, 0.2) is 8.32 Å². The largest absolute Gasteiger partial charge is 0.466 e. The number of carbonyl (C=O) groups excluding carboxylic acids is 1. The van der Waals surface area contributed by atoms with Crippen LogP contribution >= 0.6 is 0 Å². The zero-order valence-electron chi connectivity index (χ0n) is 14.9. The van der Waals surface area contributed by atoms with Crippen LogP contribution in [0.4, 0.5) is 0 Å². The second kappa shape index (κ2) is 6.73. The minimum atomic E-state index is -2.30. The lowest BCUT2D eigenvalue weighted by Crippen LogP contribution is -2.41. The lowest BCUT2D eigenvalue weighted by atomic mass is 9.76. The molecule has 0 aromatic carbocycles. The van der Waals surface area contributed by atoms with E-state index < -0.39 is 8.32 Å². The maximum Gasteiger partial charge on any atom is 0.309 e. The van der Waals surface area contributed by atoms with Crippen molar-refractivity contribution in [2.24, 2.45) is 5.92 Å². The van der Waals surface area contributed by atoms with E-state index in [-0.39, 0.29) is 22.8 Å². The third-order valence-corrected chi connectivity index (χ3v) is 8.90. The summed E-state index contributed by atoms with van der Waals surface area (Å²) in [5.74, 6) is -0.00971. The molecule has 0 unspecified atom stereocenters. The third kappa shape index (κ3) is 4.01. The smallest absolute Gasteiger partial charge is 0.309 e. The first-order valence-electron chi connectivity index (χ1n) is 8.48. The first kappa shape index (κ1) is 18.1. The van der Waals surface area contributed by atoms with Crippen LogP contribution in [0, 0.1) is 5.92 Å². The lowest BCUT2D eigenvalue weighted by Gasteiger charge is -2.40. The summed E-state index contributed by atoms with van der Waals surface area (Å²) in [5.41, 5.74) is 2.24. The molecule has 0 saturated carbocycles. The summed E-state index contributed by atoms with van der Waals surface area (Å²) in [6.45, 7) is 10.5. The molecular weight excluding hydrogens is 306 g/mol. The average molecular weight is 336 g/mol. The van der Waals surface area contributed by atoms with E-state index in [9.17, 15) is 9.59 Å². The highest BCUT2D eigenvalue weighted by Crippen LogP contribution is 2.48. The van der Waals surface area contributed by atoms with Crippen LogP contribution in [0.25, 0.3) is 0 Å². The highest BCUT2D eigenvalue weighted by atomic mass is 28.4. The Bertz CT molecular complexity index is 566. The van der Waals surface area contributed by atoms with E-state index in [1.165, 1.54) is 0 Å². The van der Waals surface area contributed by atoms with Gasteiger partial charge in [0, 0.05) is 17.8 Å². The molecule has 0 spiro atoms. The van der Waals surface area contributed by atoms with Crippen molar-refractivity contribution < 1.29 is 14.3 Å². The number of hydrogen-bond acceptors (Lipinski definition) is 4. The van der Waals surface area contributed by atoms with Gasteiger partial charge in [0.05, 0.1) is 12.5 Å². The number of rotatable bonds is 5. The third-order valence-electron chi connectivity index (χ3n) is 5.38. The molecule has 5 heteroatoms. The Hall–Kier alpha value is -1.20. The first-order valence-corrected chi connectivity index (χ1v) is 11.4. The van der Waals surface area contributed by atoms with Gasteiger partial charge >= 0.3 is 5.97 Å². The van der Waals surface area contributed by atoms with Crippen molar-refractivity contribution in [3.8, 4) is 0 Å². The summed E-state index contributed by atoms with van der Waals surface area (Å²) in [4.78, 5) is 27.4. The van der Waals surface area contributed by atoms with Crippen LogP contribution in [0.1, 0.15) is 50.8 Å². The summed E-state index contributed by atoms with van der Waals surface area (Å²) in [7, 11) is -2.30. The van der Waals surface area contributed by atoms with Crippen LogP contribution in [-0.4, -0.2) is 30.7 Å². The van der Waals surface area contributed by atoms with Gasteiger partial charge in [-0.3, -0.25) is 9.78 Å². The fourth-order valence-electron chi connectivity index (χ4n) is 3.28. The molecule has 4 nitrogen and oxygen atoms in total. The van der Waals surface area contributed by atoms with Crippen molar-refractivity contribution in [3.05, 3.63) is 29.6 Å². The molecule has 2 rings (SSSR count). The zero-order chi connectivity index (χ0) is 17.3. The van der Waals surface area contributed by atoms with Crippen LogP contribution in [0.15, 0.2) is 18.3 Å². The second-order valence-corrected chi connectivity index (χ2v) is 12.3. The van der Waals surface area contributed by atoms with Crippen LogP contribution < -0.4 is 0 Å². The maximum atomic E-state index is 12.2. The van der Waals surface area contributed by atoms with Gasteiger partial charge in [0.25, 0.3) is 0 Å². The van der Waals surface area contributed by atoms with Crippen molar-refractivity contribution >= 4 is 14.3 Å². The number of aromatic nitrogens is 1. The molecule has 0 saturated heterocycles. The Kier molecular flexibility index (Phi) is 5.31. The van der Waals surface area contributed by atoms with Gasteiger partial charge in [0.2, 0.25) is 0 Å². The molecule has 0 amide bonds. The van der Waals surface area contributed by atoms with Gasteiger partial charge in [-0.2, -0.15) is 0 Å². The summed E-state index contributed by atoms with van der Waals surface area (Å²) in [6, 6.07) is 3.99. The summed E-state index contributed by atoms with van der Waals surface area (Å²) in [5, 5.41) is -0.136. The predicted molar refractivity (Wildman–Crippen MR) is 93.8 cm³/mol. The van der Waals surface area contributed by atoms with E-state index in [1.807, 2.05) is 32.3 Å². The van der Waals surface area contributed by atoms with Gasteiger partial charge in [-0.05, 0) is 55.9 Å². The van der Waals surface area contributed by atoms with Crippen molar-refractivity contribution in [1.29, 1.82) is 0 Å². The molecular formula is C18H29NO3Si. The van der Waals surface area contributed by atoms with Gasteiger partial charge in [-0.25, -0.2) is 0 Å². The van der Waals surface area contributed by atoms with Gasteiger partial charge in [0.1, 0.15) is 0 Å². The lowest BCUT2D eigenvalue weighted by molar-refractivity contribution is -0.148. The van der Waals surface area contributed by atoms with E-state index in [0.717, 1.165) is 24.1 Å². The molecule has 1 aromatic rings. The van der Waals surface area contributed by atoms with E-state index in [2.05, 4.69) is 24.9 Å². The van der Waals surface area contributed by atoms with Crippen LogP contribution in [0.3, 0.4) is 0 Å². The average Bonchev–Trinajstić information content (AvgIpc) is 2.46. The molecule has 0 fully saturated rings. The van der Waals surface area contributed by atoms with Crippen LogP contribution in [0.5, 0.6) is 0 Å². The standard InChI is InChI=1S/C18H29NO3Si/c1-6-22-17(20)14-10-13-8-7-9-19-16(13)15(11-14)12-18(2,3)23(4,5)21/h7-9,14-15,21H,6,10-12H2,1-5H3/t14-,15-/m1/s1. The highest BCUT2D eigenvalue weighted by molar-refractivity contribution is 6.72. The van der Waals surface area contributed by atoms with Crippen LogP contribution in [-0.2, 0) is 16.0 Å². The van der Waals surface area contributed by atoms with E-state index in [1.54, 1.807) is 0 Å². The Morgan fingerprint density at radius 2 is 2.17 bits per heavy atom. The molecule has 0 aliphatic heterocycles. The molecule has 1 aliphatic rings. The molecule has 1 aliphatic carbocycles. The number of fused-ring (bicyclic) bond motifs is 1. The van der Waals surface area contributed by atoms with Gasteiger partial charge in [-0.1, -0.05) is 19.9 Å². The molecule has 1 aromatic heterocycles. The Morgan fingerprint density at radius 3 is 2.78 bits per heavy atom. The fourth-order valence-corrected chi connectivity index (χ4v) is 4.03. The highest BCUT2D eigenvalue weighted by Gasteiger charge is 2.42. The van der Waals surface area contributed by atoms with Gasteiger partial charge < -0.3 is 9.53 Å². The van der Waals surface area contributed by atoms with E-state index in [4.69, 9.17) is 4.74 Å². The fraction of sp³-hybridized carbons (Fsp3) is 0.667. The van der Waals surface area contributed by atoms with E-state index in [0.29, 0.717) is 13.0 Å². The molecule has 0 radical (unpaired) electrons. The second-order valence-electron chi connectivity index (χ2n) is 7.78. The number of carbonyl (C=O) groups is 1. The molecule has 2 atom stereocenters. The quantitative estimate of drug-likeness (QED) is 0.659. The maximum absolute atomic E-state index is 12.2. The SMILES string of the molecule is CCOC(=O)[C@@H]1Cc2cccnc2[C@@H](CC(C)(C)[Si](C)(C)O)C1. The Labute approximate surface area is 140 Å². The van der Waals surface area contributed by atoms with Crippen molar-refractivity contribution in [1.82, 2.24) is 4.98 Å². The number of hydrogen-bond donors (Lipinski definition) is 1. The number of pyridine rings is 1. The summed E-state index contributed by atoms with van der Waals surface area (Å²) < 4.78 is 5.24. The molecule has 1 heterocycles. The summed E-state index contributed by atoms with van der Waals surface area (Å²) >= 11 is 0. The molecule has 128 valence electrons. The number of nitrogens with zero attached hydrogens (tertiary/aromatic N) is 1. The van der Waals surface area contributed by atoms with E-state index >= 15 is 0 Å². The van der Waals surface area contributed by atoms with Gasteiger partial charge in [-0.15, -0.1) is 0 Å². The van der Waals surface area contributed by atoms with Crippen molar-refractivity contribution in [3.63, 3.8) is 0 Å². The number of esters is 1. The minimum absolute atomic E-state index is 0.101. The normalized spacial score (nSPS) is 21.7. The summed E-state index contributed by atoms with van der Waals surface area (Å²) in [6.07, 6.45) is 4.14. The Balaban J connectivity index is 2.28. The van der Waals surface area contributed by atoms with Crippen LogP contribution in [0.2, 0.25) is 18.1 Å². The zero-order valence-corrected chi connectivity index (χ0v) is 15.9. The molecule has 23 heavy (non-hydrogen) atoms. The minimum Gasteiger partial charge on any atom is -0.466 e. The number of ether oxygens (including phenoxy) is 1. The van der Waals surface area contributed by atoms with Crippen molar-refractivity contribution in [2.45, 2.75) is 64.1 Å². The monoisotopic (exact) mass is 335 g/mol. The molecule has 1 N–H and O–H groups in total. The topological polar surface area (TPSA) is 59.4 Å². The molecule has 0 bridgehead atoms. The first-order chi connectivity index (χ1) is 10.7. The predicted octanol–water partition coefficient (Wildman–Crippen LogP) is 3.66.